The summed E-state index contributed by atoms with van der Waals surface area (Å²) >= 11 is 0. The Labute approximate surface area is 105 Å². The van der Waals surface area contributed by atoms with E-state index in [1.165, 1.54) is 24.0 Å². The quantitative estimate of drug-likeness (QED) is 0.579. The molecule has 0 saturated heterocycles. The third-order valence-corrected chi connectivity index (χ3v) is 3.09. The maximum atomic E-state index is 5.01. The molecule has 0 saturated carbocycles. The van der Waals surface area contributed by atoms with Crippen LogP contribution in [0.1, 0.15) is 38.3 Å². The van der Waals surface area contributed by atoms with Crippen LogP contribution in [-0.2, 0) is 16.6 Å². The molecule has 2 nitrogen and oxygen atoms in total. The Balaban J connectivity index is 2.63. The van der Waals surface area contributed by atoms with Gasteiger partial charge in [-0.25, -0.2) is 0 Å². The van der Waals surface area contributed by atoms with Crippen LogP contribution in [0, 0.1) is 0 Å². The number of rotatable bonds is 7. The van der Waals surface area contributed by atoms with Crippen molar-refractivity contribution in [3.63, 3.8) is 0 Å². The normalized spacial score (nSPS) is 11.8. The van der Waals surface area contributed by atoms with E-state index >= 15 is 0 Å². The predicted molar refractivity (Wildman–Crippen MR) is 73.3 cm³/mol. The summed E-state index contributed by atoms with van der Waals surface area (Å²) in [7, 11) is 1.71. The molecule has 0 bridgehead atoms. The summed E-state index contributed by atoms with van der Waals surface area (Å²) in [6.07, 6.45) is 2.38. The SMILES string of the molecule is CCCc1ccc(C(C)(C)CNCOC)cc1. The van der Waals surface area contributed by atoms with E-state index in [0.717, 1.165) is 6.54 Å². The molecule has 0 heterocycles. The summed E-state index contributed by atoms with van der Waals surface area (Å²) in [6.45, 7) is 8.26. The van der Waals surface area contributed by atoms with Crippen LogP contribution in [0.4, 0.5) is 0 Å². The highest BCUT2D eigenvalue weighted by Gasteiger charge is 2.19. The molecule has 0 unspecified atom stereocenters. The zero-order valence-corrected chi connectivity index (χ0v) is 11.5. The van der Waals surface area contributed by atoms with Gasteiger partial charge in [0.05, 0.1) is 6.73 Å². The Morgan fingerprint density at radius 1 is 1.18 bits per heavy atom. The minimum Gasteiger partial charge on any atom is -0.370 e. The van der Waals surface area contributed by atoms with Crippen LogP contribution in [0.15, 0.2) is 24.3 Å². The van der Waals surface area contributed by atoms with Gasteiger partial charge in [-0.1, -0.05) is 51.5 Å². The zero-order chi connectivity index (χ0) is 12.7. The molecule has 0 atom stereocenters. The molecule has 0 aromatic heterocycles. The predicted octanol–water partition coefficient (Wildman–Crippen LogP) is 3.11. The van der Waals surface area contributed by atoms with Gasteiger partial charge in [-0.05, 0) is 17.5 Å². The Morgan fingerprint density at radius 3 is 2.35 bits per heavy atom. The molecule has 1 rings (SSSR count). The van der Waals surface area contributed by atoms with Gasteiger partial charge in [0.2, 0.25) is 0 Å². The first-order chi connectivity index (χ1) is 8.10. The van der Waals surface area contributed by atoms with Crippen molar-refractivity contribution in [3.8, 4) is 0 Å². The number of hydrogen-bond donors (Lipinski definition) is 1. The minimum atomic E-state index is 0.142. The summed E-state index contributed by atoms with van der Waals surface area (Å²) in [5, 5.41) is 3.29. The molecule has 17 heavy (non-hydrogen) atoms. The van der Waals surface area contributed by atoms with E-state index in [4.69, 9.17) is 4.74 Å². The second-order valence-corrected chi connectivity index (χ2v) is 5.19. The Kier molecular flexibility index (Phi) is 5.66. The van der Waals surface area contributed by atoms with Gasteiger partial charge in [0.1, 0.15) is 0 Å². The van der Waals surface area contributed by atoms with Gasteiger partial charge in [0.25, 0.3) is 0 Å². The lowest BCUT2D eigenvalue weighted by molar-refractivity contribution is 0.169. The average Bonchev–Trinajstić information content (AvgIpc) is 2.30. The van der Waals surface area contributed by atoms with Gasteiger partial charge in [-0.2, -0.15) is 0 Å². The number of nitrogens with one attached hydrogen (secondary N) is 1. The third kappa shape index (κ3) is 4.49. The van der Waals surface area contributed by atoms with Crippen molar-refractivity contribution in [1.82, 2.24) is 5.32 Å². The van der Waals surface area contributed by atoms with Gasteiger partial charge >= 0.3 is 0 Å². The number of hydrogen-bond acceptors (Lipinski definition) is 2. The van der Waals surface area contributed by atoms with Gasteiger partial charge < -0.3 is 4.74 Å². The van der Waals surface area contributed by atoms with Gasteiger partial charge in [0, 0.05) is 19.1 Å². The molecule has 96 valence electrons. The fraction of sp³-hybridized carbons (Fsp3) is 0.600. The molecule has 1 N–H and O–H groups in total. The summed E-state index contributed by atoms with van der Waals surface area (Å²) in [5.41, 5.74) is 2.95. The smallest absolute Gasteiger partial charge is 0.0961 e. The second-order valence-electron chi connectivity index (χ2n) is 5.19. The van der Waals surface area contributed by atoms with Crippen molar-refractivity contribution in [2.24, 2.45) is 0 Å². The average molecular weight is 235 g/mol. The van der Waals surface area contributed by atoms with Crippen LogP contribution >= 0.6 is 0 Å². The summed E-state index contributed by atoms with van der Waals surface area (Å²) < 4.78 is 5.01. The van der Waals surface area contributed by atoms with Crippen LogP contribution in [0.3, 0.4) is 0 Å². The third-order valence-electron chi connectivity index (χ3n) is 3.09. The lowest BCUT2D eigenvalue weighted by Crippen LogP contribution is -2.33. The molecule has 0 radical (unpaired) electrons. The first-order valence-corrected chi connectivity index (χ1v) is 6.39. The molecule has 0 fully saturated rings. The van der Waals surface area contributed by atoms with Crippen molar-refractivity contribution >= 4 is 0 Å². The lowest BCUT2D eigenvalue weighted by Gasteiger charge is -2.26. The van der Waals surface area contributed by atoms with Crippen LogP contribution < -0.4 is 5.32 Å². The molecule has 0 spiro atoms. The van der Waals surface area contributed by atoms with Crippen molar-refractivity contribution < 1.29 is 4.74 Å². The molecule has 0 aliphatic rings. The highest BCUT2D eigenvalue weighted by Crippen LogP contribution is 2.22. The fourth-order valence-corrected chi connectivity index (χ4v) is 1.98. The molecule has 0 aliphatic carbocycles. The first kappa shape index (κ1) is 14.2. The van der Waals surface area contributed by atoms with Gasteiger partial charge in [-0.3, -0.25) is 5.32 Å². The molecular weight excluding hydrogens is 210 g/mol. The van der Waals surface area contributed by atoms with E-state index < -0.39 is 0 Å². The standard InChI is InChI=1S/C15H25NO/c1-5-6-13-7-9-14(10-8-13)15(2,3)11-16-12-17-4/h7-10,16H,5-6,11-12H2,1-4H3. The summed E-state index contributed by atoms with van der Waals surface area (Å²) in [4.78, 5) is 0. The van der Waals surface area contributed by atoms with E-state index in [0.29, 0.717) is 6.73 Å². The van der Waals surface area contributed by atoms with Gasteiger partial charge in [-0.15, -0.1) is 0 Å². The second kappa shape index (κ2) is 6.77. The highest BCUT2D eigenvalue weighted by molar-refractivity contribution is 5.28. The first-order valence-electron chi connectivity index (χ1n) is 6.39. The number of benzene rings is 1. The van der Waals surface area contributed by atoms with Crippen LogP contribution in [0.2, 0.25) is 0 Å². The van der Waals surface area contributed by atoms with Crippen molar-refractivity contribution in [2.45, 2.75) is 39.0 Å². The maximum absolute atomic E-state index is 5.01. The maximum Gasteiger partial charge on any atom is 0.0961 e. The van der Waals surface area contributed by atoms with E-state index in [1.807, 2.05) is 0 Å². The highest BCUT2D eigenvalue weighted by atomic mass is 16.5. The largest absolute Gasteiger partial charge is 0.370 e. The molecule has 2 heteroatoms. The zero-order valence-electron chi connectivity index (χ0n) is 11.5. The van der Waals surface area contributed by atoms with Crippen LogP contribution in [-0.4, -0.2) is 20.4 Å². The number of aryl methyl sites for hydroxylation is 1. The van der Waals surface area contributed by atoms with Crippen LogP contribution in [0.25, 0.3) is 0 Å². The molecule has 0 amide bonds. The fourth-order valence-electron chi connectivity index (χ4n) is 1.98. The minimum absolute atomic E-state index is 0.142. The van der Waals surface area contributed by atoms with E-state index in [9.17, 15) is 0 Å². The molecule has 1 aromatic carbocycles. The Morgan fingerprint density at radius 2 is 1.82 bits per heavy atom. The van der Waals surface area contributed by atoms with Crippen molar-refractivity contribution in [2.75, 3.05) is 20.4 Å². The topological polar surface area (TPSA) is 21.3 Å². The lowest BCUT2D eigenvalue weighted by atomic mass is 9.84. The van der Waals surface area contributed by atoms with Crippen LogP contribution in [0.5, 0.6) is 0 Å². The van der Waals surface area contributed by atoms with E-state index in [1.54, 1.807) is 7.11 Å². The van der Waals surface area contributed by atoms with Crippen molar-refractivity contribution in [3.05, 3.63) is 35.4 Å². The summed E-state index contributed by atoms with van der Waals surface area (Å²) in [6, 6.07) is 8.99. The molecule has 1 aromatic rings. The summed E-state index contributed by atoms with van der Waals surface area (Å²) in [5.74, 6) is 0. The Hall–Kier alpha value is -0.860. The van der Waals surface area contributed by atoms with E-state index in [2.05, 4.69) is 50.4 Å². The number of ether oxygens (including phenoxy) is 1. The Bertz CT molecular complexity index is 316. The van der Waals surface area contributed by atoms with Crippen molar-refractivity contribution in [1.29, 1.82) is 0 Å². The monoisotopic (exact) mass is 235 g/mol. The molecular formula is C15H25NO. The van der Waals surface area contributed by atoms with E-state index in [-0.39, 0.29) is 5.41 Å². The van der Waals surface area contributed by atoms with Gasteiger partial charge in [0.15, 0.2) is 0 Å². The molecule has 0 aliphatic heterocycles. The number of methoxy groups -OCH3 is 1.